The zero-order chi connectivity index (χ0) is 38.5. The first-order valence-electron chi connectivity index (χ1n) is 19.8. The molecule has 2 saturated heterocycles. The molecular weight excluding hydrogens is 658 g/mol. The summed E-state index contributed by atoms with van der Waals surface area (Å²) in [5, 5.41) is 0. The predicted octanol–water partition coefficient (Wildman–Crippen LogP) is 6.04. The van der Waals surface area contributed by atoms with E-state index in [0.717, 1.165) is 32.1 Å². The van der Waals surface area contributed by atoms with Gasteiger partial charge in [-0.25, -0.2) is 0 Å². The Balaban J connectivity index is 1.73. The molecule has 10 nitrogen and oxygen atoms in total. The van der Waals surface area contributed by atoms with Gasteiger partial charge in [-0.1, -0.05) is 84.7 Å². The van der Waals surface area contributed by atoms with Crippen LogP contribution in [0.5, 0.6) is 0 Å². The number of Topliss-reactive ketones (excluding diaryl/α,β-unsaturated/α-hetero) is 1. The largest absolute Gasteiger partial charge is 0.379 e. The van der Waals surface area contributed by atoms with Gasteiger partial charge in [0, 0.05) is 65.6 Å². The van der Waals surface area contributed by atoms with Crippen molar-refractivity contribution >= 4 is 23.5 Å². The van der Waals surface area contributed by atoms with Crippen LogP contribution in [0.25, 0.3) is 0 Å². The Morgan fingerprint density at radius 1 is 0.923 bits per heavy atom. The van der Waals surface area contributed by atoms with Gasteiger partial charge in [-0.05, 0) is 49.5 Å². The quantitative estimate of drug-likeness (QED) is 0.161. The lowest BCUT2D eigenvalue weighted by molar-refractivity contribution is -0.151. The van der Waals surface area contributed by atoms with Crippen molar-refractivity contribution in [1.82, 2.24) is 14.7 Å². The Bertz CT molecular complexity index is 1280. The summed E-state index contributed by atoms with van der Waals surface area (Å²) in [5.41, 5.74) is 1.23. The second kappa shape index (κ2) is 21.2. The van der Waals surface area contributed by atoms with Gasteiger partial charge in [0.25, 0.3) is 0 Å². The Labute approximate surface area is 314 Å². The molecule has 1 aromatic carbocycles. The number of methoxy groups -OCH3 is 2. The number of hydrogen-bond acceptors (Lipinski definition) is 7. The maximum Gasteiger partial charge on any atom is 0.226 e. The van der Waals surface area contributed by atoms with Gasteiger partial charge in [-0.2, -0.15) is 0 Å². The molecular formula is C42H69N3O7. The number of benzene rings is 1. The summed E-state index contributed by atoms with van der Waals surface area (Å²) in [7, 11) is 5.04. The smallest absolute Gasteiger partial charge is 0.226 e. The van der Waals surface area contributed by atoms with Crippen LogP contribution in [-0.4, -0.2) is 116 Å². The summed E-state index contributed by atoms with van der Waals surface area (Å²) in [6.45, 7) is 16.3. The fourth-order valence-corrected chi connectivity index (χ4v) is 8.35. The summed E-state index contributed by atoms with van der Waals surface area (Å²) in [4.78, 5) is 61.0. The molecule has 0 N–H and O–H groups in total. The number of hydrogen-bond donors (Lipinski definition) is 0. The Kier molecular flexibility index (Phi) is 17.7. The van der Waals surface area contributed by atoms with E-state index in [1.165, 1.54) is 5.56 Å². The molecule has 2 aliphatic rings. The first-order chi connectivity index (χ1) is 24.8. The van der Waals surface area contributed by atoms with E-state index in [9.17, 15) is 19.2 Å². The molecule has 10 heteroatoms. The van der Waals surface area contributed by atoms with E-state index in [0.29, 0.717) is 32.7 Å². The van der Waals surface area contributed by atoms with Crippen molar-refractivity contribution < 1.29 is 33.4 Å². The fraction of sp³-hybridized carbons (Fsp3) is 0.762. The van der Waals surface area contributed by atoms with Crippen LogP contribution in [0.15, 0.2) is 30.3 Å². The number of amides is 3. The molecule has 0 bridgehead atoms. The van der Waals surface area contributed by atoms with Gasteiger partial charge in [0.15, 0.2) is 0 Å². The number of likely N-dealkylation sites (N-methyl/N-ethyl adjacent to an activating group) is 1. The second-order valence-corrected chi connectivity index (χ2v) is 15.8. The van der Waals surface area contributed by atoms with Gasteiger partial charge in [-0.3, -0.25) is 19.2 Å². The molecule has 3 amide bonds. The van der Waals surface area contributed by atoms with E-state index < -0.39 is 18.1 Å². The third kappa shape index (κ3) is 11.6. The van der Waals surface area contributed by atoms with E-state index in [-0.39, 0.29) is 78.2 Å². The number of ether oxygens (including phenoxy) is 3. The maximum atomic E-state index is 14.2. The topological polar surface area (TPSA) is 106 Å². The minimum Gasteiger partial charge on any atom is -0.379 e. The number of carbonyl (C=O) groups is 4. The molecule has 0 saturated carbocycles. The van der Waals surface area contributed by atoms with Gasteiger partial charge in [0.05, 0.1) is 43.4 Å². The van der Waals surface area contributed by atoms with Crippen molar-refractivity contribution in [2.45, 2.75) is 130 Å². The zero-order valence-electron chi connectivity index (χ0n) is 33.8. The molecule has 9 atom stereocenters. The number of morpholine rings is 1. The molecule has 52 heavy (non-hydrogen) atoms. The van der Waals surface area contributed by atoms with Gasteiger partial charge in [0.2, 0.25) is 17.7 Å². The molecule has 3 rings (SSSR count). The minimum atomic E-state index is -0.551. The summed E-state index contributed by atoms with van der Waals surface area (Å²) in [5.74, 6) is -0.656. The van der Waals surface area contributed by atoms with Crippen molar-refractivity contribution in [2.75, 3.05) is 47.5 Å². The molecule has 0 spiro atoms. The highest BCUT2D eigenvalue weighted by molar-refractivity contribution is 5.86. The normalized spacial score (nSPS) is 22.0. The highest BCUT2D eigenvalue weighted by Crippen LogP contribution is 2.32. The van der Waals surface area contributed by atoms with E-state index in [1.807, 2.05) is 50.8 Å². The van der Waals surface area contributed by atoms with Crippen molar-refractivity contribution in [1.29, 1.82) is 0 Å². The van der Waals surface area contributed by atoms with Crippen molar-refractivity contribution in [3.05, 3.63) is 35.9 Å². The van der Waals surface area contributed by atoms with Crippen LogP contribution < -0.4 is 0 Å². The molecule has 1 aromatic rings. The second-order valence-electron chi connectivity index (χ2n) is 15.8. The highest BCUT2D eigenvalue weighted by atomic mass is 16.5. The van der Waals surface area contributed by atoms with Crippen molar-refractivity contribution in [2.24, 2.45) is 29.6 Å². The Morgan fingerprint density at radius 3 is 2.19 bits per heavy atom. The van der Waals surface area contributed by atoms with Crippen LogP contribution in [-0.2, 0) is 39.8 Å². The van der Waals surface area contributed by atoms with Gasteiger partial charge < -0.3 is 28.9 Å². The average molecular weight is 728 g/mol. The number of rotatable bonds is 20. The van der Waals surface area contributed by atoms with E-state index in [2.05, 4.69) is 32.9 Å². The van der Waals surface area contributed by atoms with Crippen molar-refractivity contribution in [3.63, 3.8) is 0 Å². The van der Waals surface area contributed by atoms with Crippen LogP contribution in [0.1, 0.15) is 99.0 Å². The summed E-state index contributed by atoms with van der Waals surface area (Å²) >= 11 is 0. The average Bonchev–Trinajstić information content (AvgIpc) is 3.62. The van der Waals surface area contributed by atoms with E-state index in [4.69, 9.17) is 14.2 Å². The SMILES string of the molecule is CC[C@@H](CC(=O)[C@H](C)[C@@H](OC)[C@@H]1CCCN1C(=O)C[C@@H](OC)[C@H]([C@@H](C)CC)N(C)C(=O)[C@@H](CC(=O)N1CCO[C@H](C)C1)C(C)C)Cc1ccccc1. The van der Waals surface area contributed by atoms with Crippen LogP contribution in [0.2, 0.25) is 0 Å². The van der Waals surface area contributed by atoms with Crippen LogP contribution >= 0.6 is 0 Å². The molecule has 0 aliphatic carbocycles. The molecule has 2 fully saturated rings. The number of carbonyl (C=O) groups excluding carboxylic acids is 4. The maximum absolute atomic E-state index is 14.2. The van der Waals surface area contributed by atoms with E-state index in [1.54, 1.807) is 31.1 Å². The first-order valence-corrected chi connectivity index (χ1v) is 19.8. The number of likely N-dealkylation sites (tertiary alicyclic amines) is 1. The third-order valence-corrected chi connectivity index (χ3v) is 11.9. The van der Waals surface area contributed by atoms with Crippen molar-refractivity contribution in [3.8, 4) is 0 Å². The number of ketones is 1. The van der Waals surface area contributed by atoms with E-state index >= 15 is 0 Å². The molecule has 294 valence electrons. The van der Waals surface area contributed by atoms with Gasteiger partial charge >= 0.3 is 0 Å². The molecule has 0 unspecified atom stereocenters. The third-order valence-electron chi connectivity index (χ3n) is 11.9. The molecule has 0 aromatic heterocycles. The molecule has 2 aliphatic heterocycles. The van der Waals surface area contributed by atoms with Crippen LogP contribution in [0, 0.1) is 29.6 Å². The number of nitrogens with zero attached hydrogens (tertiary/aromatic N) is 3. The van der Waals surface area contributed by atoms with Crippen LogP contribution in [0.3, 0.4) is 0 Å². The van der Waals surface area contributed by atoms with Gasteiger partial charge in [-0.15, -0.1) is 0 Å². The van der Waals surface area contributed by atoms with Crippen LogP contribution in [0.4, 0.5) is 0 Å². The molecule has 2 heterocycles. The fourth-order valence-electron chi connectivity index (χ4n) is 8.35. The lowest BCUT2D eigenvalue weighted by Gasteiger charge is -2.41. The first kappa shape index (κ1) is 43.6. The predicted molar refractivity (Wildman–Crippen MR) is 205 cm³/mol. The molecule has 0 radical (unpaired) electrons. The summed E-state index contributed by atoms with van der Waals surface area (Å²) in [6, 6.07) is 9.71. The van der Waals surface area contributed by atoms with Gasteiger partial charge in [0.1, 0.15) is 5.78 Å². The Morgan fingerprint density at radius 2 is 1.62 bits per heavy atom. The monoisotopic (exact) mass is 728 g/mol. The minimum absolute atomic E-state index is 0.0280. The standard InChI is InChI=1S/C42H69N3O7/c1-11-29(5)40(43(8)42(49)34(28(3)4)25-38(47)44-21-22-52-30(6)27-44)37(50-9)26-39(48)45-20-16-19-35(45)41(51-10)31(7)36(46)24-32(12-2)23-33-17-14-13-15-18-33/h13-15,17-18,28-32,34-35,37,40-41H,11-12,16,19-27H2,1-10H3/t29-,30+,31-,32+,34-,35-,37+,40-,41+/m0/s1. The zero-order valence-corrected chi connectivity index (χ0v) is 33.8. The summed E-state index contributed by atoms with van der Waals surface area (Å²) in [6.07, 6.45) is 3.87. The Hall–Kier alpha value is -2.82. The lowest BCUT2D eigenvalue weighted by atomic mass is 9.84. The summed E-state index contributed by atoms with van der Waals surface area (Å²) < 4.78 is 17.7. The highest BCUT2D eigenvalue weighted by Gasteiger charge is 2.43. The lowest BCUT2D eigenvalue weighted by Crippen LogP contribution is -2.54.